The maximum atomic E-state index is 12.5. The molecule has 0 aromatic carbocycles. The molecule has 0 radical (unpaired) electrons. The van der Waals surface area contributed by atoms with E-state index in [0.29, 0.717) is 12.8 Å². The first kappa shape index (κ1) is 23.2. The van der Waals surface area contributed by atoms with E-state index in [2.05, 4.69) is 6.92 Å². The molecule has 0 aromatic rings. The van der Waals surface area contributed by atoms with E-state index in [-0.39, 0.29) is 54.3 Å². The molecular formula is C24H33NO7. The Hall–Kier alpha value is -1.98. The highest BCUT2D eigenvalue weighted by atomic mass is 16.5. The van der Waals surface area contributed by atoms with Crippen molar-refractivity contribution in [3.05, 3.63) is 0 Å². The summed E-state index contributed by atoms with van der Waals surface area (Å²) in [5.74, 6) is -7.76. The zero-order chi connectivity index (χ0) is 23.6. The number of aliphatic hydroxyl groups is 2. The van der Waals surface area contributed by atoms with E-state index in [9.17, 15) is 35.0 Å². The minimum absolute atomic E-state index is 0.0719. The summed E-state index contributed by atoms with van der Waals surface area (Å²) >= 11 is 0. The molecule has 0 aliphatic heterocycles. The maximum absolute atomic E-state index is 12.5. The van der Waals surface area contributed by atoms with Gasteiger partial charge >= 0.3 is 11.9 Å². The van der Waals surface area contributed by atoms with Crippen LogP contribution in [0.4, 0.5) is 0 Å². The number of carboxylic acid groups (broad SMARTS) is 2. The Bertz CT molecular complexity index is 878. The summed E-state index contributed by atoms with van der Waals surface area (Å²) in [6.07, 6.45) is 3.88. The van der Waals surface area contributed by atoms with Crippen molar-refractivity contribution in [2.45, 2.75) is 71.0 Å². The molecule has 176 valence electrons. The molecule has 4 rings (SSSR count). The van der Waals surface area contributed by atoms with Gasteiger partial charge in [-0.1, -0.05) is 13.8 Å². The fourth-order valence-corrected chi connectivity index (χ4v) is 8.60. The topological polar surface area (TPSA) is 156 Å². The number of nitriles is 1. The van der Waals surface area contributed by atoms with Gasteiger partial charge in [0.05, 0.1) is 12.0 Å². The number of nitrogens with zero attached hydrogens (tertiary/aromatic N) is 1. The predicted octanol–water partition coefficient (Wildman–Crippen LogP) is 2.43. The number of hydrogen-bond donors (Lipinski definition) is 4. The highest BCUT2D eigenvalue weighted by Crippen LogP contribution is 2.70. The van der Waals surface area contributed by atoms with E-state index in [1.54, 1.807) is 0 Å². The maximum Gasteiger partial charge on any atom is 0.306 e. The predicted molar refractivity (Wildman–Crippen MR) is 111 cm³/mol. The molecule has 0 amide bonds. The second-order valence-electron chi connectivity index (χ2n) is 11.2. The average Bonchev–Trinajstić information content (AvgIpc) is 3.03. The standard InChI is InChI=1S/C24H33NO7/c1-22-8-7-16-20(15(22)5-3-12(22)4-6-19(27)28)14(21(29)30)9-13-10-18(26)24(31,32)17(11-25)23(13,16)2/h12-17,20,31-32H,3-10H2,1-2H3,(H,27,28)(H,29,30)/t12-,13?,14+,15-,16-,17?,20-,22+,23-/m0/s1. The number of ketones is 1. The molecule has 8 heteroatoms. The molecule has 4 aliphatic carbocycles. The van der Waals surface area contributed by atoms with Gasteiger partial charge in [0.25, 0.3) is 0 Å². The number of carbonyl (C=O) groups excluding carboxylic acids is 1. The van der Waals surface area contributed by atoms with Crippen molar-refractivity contribution >= 4 is 17.7 Å². The van der Waals surface area contributed by atoms with Gasteiger partial charge in [-0.2, -0.15) is 5.26 Å². The van der Waals surface area contributed by atoms with Crippen LogP contribution in [-0.2, 0) is 14.4 Å². The van der Waals surface area contributed by atoms with Gasteiger partial charge in [-0.25, -0.2) is 0 Å². The van der Waals surface area contributed by atoms with Gasteiger partial charge in [0, 0.05) is 12.8 Å². The molecule has 0 spiro atoms. The number of carbonyl (C=O) groups is 3. The first-order chi connectivity index (χ1) is 14.9. The summed E-state index contributed by atoms with van der Waals surface area (Å²) in [6, 6.07) is 2.02. The summed E-state index contributed by atoms with van der Waals surface area (Å²) < 4.78 is 0. The number of Topliss-reactive ketones (excluding diaryl/α,β-unsaturated/α-hetero) is 1. The molecule has 8 nitrogen and oxygen atoms in total. The van der Waals surface area contributed by atoms with Gasteiger partial charge in [0.1, 0.15) is 5.92 Å². The third-order valence-electron chi connectivity index (χ3n) is 10.2. The second kappa shape index (κ2) is 7.53. The quantitative estimate of drug-likeness (QED) is 0.479. The molecule has 0 aromatic heterocycles. The van der Waals surface area contributed by atoms with Crippen molar-refractivity contribution in [3.8, 4) is 6.07 Å². The summed E-state index contributed by atoms with van der Waals surface area (Å²) in [6.45, 7) is 4.02. The van der Waals surface area contributed by atoms with Crippen LogP contribution < -0.4 is 0 Å². The molecule has 4 saturated carbocycles. The van der Waals surface area contributed by atoms with Gasteiger partial charge in [-0.15, -0.1) is 0 Å². The van der Waals surface area contributed by atoms with E-state index in [1.165, 1.54) is 0 Å². The first-order valence-corrected chi connectivity index (χ1v) is 11.7. The minimum atomic E-state index is -2.72. The summed E-state index contributed by atoms with van der Waals surface area (Å²) in [7, 11) is 0. The summed E-state index contributed by atoms with van der Waals surface area (Å²) in [4.78, 5) is 36.0. The molecular weight excluding hydrogens is 414 g/mol. The normalized spacial score (nSPS) is 47.0. The SMILES string of the molecule is C[C@@]12C(CC(=O)C(O)(O)C1C#N)C[C@@H](C(=O)O)[C@@H]1[C@@H]2CC[C@]2(C)[C@H](CCC(=O)O)CC[C@@H]12. The lowest BCUT2D eigenvalue weighted by atomic mass is 9.40. The van der Waals surface area contributed by atoms with Gasteiger partial charge in [0.15, 0.2) is 5.78 Å². The van der Waals surface area contributed by atoms with Crippen LogP contribution in [0.5, 0.6) is 0 Å². The van der Waals surface area contributed by atoms with E-state index in [4.69, 9.17) is 5.11 Å². The van der Waals surface area contributed by atoms with E-state index >= 15 is 0 Å². The van der Waals surface area contributed by atoms with Crippen LogP contribution in [0.25, 0.3) is 0 Å². The average molecular weight is 448 g/mol. The zero-order valence-corrected chi connectivity index (χ0v) is 18.7. The smallest absolute Gasteiger partial charge is 0.306 e. The highest BCUT2D eigenvalue weighted by Gasteiger charge is 2.70. The Balaban J connectivity index is 1.75. The Morgan fingerprint density at radius 2 is 1.81 bits per heavy atom. The third-order valence-corrected chi connectivity index (χ3v) is 10.2. The molecule has 0 heterocycles. The number of hydrogen-bond acceptors (Lipinski definition) is 6. The van der Waals surface area contributed by atoms with Crippen LogP contribution in [0.3, 0.4) is 0 Å². The molecule has 32 heavy (non-hydrogen) atoms. The van der Waals surface area contributed by atoms with Crippen LogP contribution >= 0.6 is 0 Å². The fraction of sp³-hybridized carbons (Fsp3) is 0.833. The number of rotatable bonds is 4. The second-order valence-corrected chi connectivity index (χ2v) is 11.2. The van der Waals surface area contributed by atoms with Crippen molar-refractivity contribution < 1.29 is 34.8 Å². The third kappa shape index (κ3) is 3.04. The number of fused-ring (bicyclic) bond motifs is 5. The zero-order valence-electron chi connectivity index (χ0n) is 18.7. The summed E-state index contributed by atoms with van der Waals surface area (Å²) in [5, 5.41) is 50.4. The molecule has 9 atom stereocenters. The summed E-state index contributed by atoms with van der Waals surface area (Å²) in [5.41, 5.74) is -1.04. The van der Waals surface area contributed by atoms with Gasteiger partial charge in [-0.3, -0.25) is 14.4 Å². The number of aliphatic carboxylic acids is 2. The molecule has 0 bridgehead atoms. The van der Waals surface area contributed by atoms with Crippen molar-refractivity contribution in [2.75, 3.05) is 0 Å². The Labute approximate surface area is 187 Å². The lowest BCUT2D eigenvalue weighted by molar-refractivity contribution is -0.256. The van der Waals surface area contributed by atoms with E-state index in [1.807, 2.05) is 13.0 Å². The van der Waals surface area contributed by atoms with E-state index < -0.39 is 40.8 Å². The lowest BCUT2D eigenvalue weighted by Crippen LogP contribution is -2.66. The van der Waals surface area contributed by atoms with Crippen LogP contribution in [0.15, 0.2) is 0 Å². The molecule has 0 saturated heterocycles. The van der Waals surface area contributed by atoms with Crippen molar-refractivity contribution in [3.63, 3.8) is 0 Å². The van der Waals surface area contributed by atoms with Crippen molar-refractivity contribution in [1.29, 1.82) is 5.26 Å². The van der Waals surface area contributed by atoms with Crippen molar-refractivity contribution in [1.82, 2.24) is 0 Å². The van der Waals surface area contributed by atoms with Gasteiger partial charge in [0.2, 0.25) is 5.79 Å². The van der Waals surface area contributed by atoms with Crippen LogP contribution in [0.1, 0.15) is 65.2 Å². The van der Waals surface area contributed by atoms with Crippen LogP contribution in [-0.4, -0.2) is 43.9 Å². The van der Waals surface area contributed by atoms with Gasteiger partial charge in [-0.05, 0) is 78.9 Å². The number of carboxylic acids is 2. The molecule has 4 aliphatic rings. The largest absolute Gasteiger partial charge is 0.481 e. The van der Waals surface area contributed by atoms with Crippen LogP contribution in [0.2, 0.25) is 0 Å². The molecule has 2 unspecified atom stereocenters. The van der Waals surface area contributed by atoms with Crippen LogP contribution in [0, 0.1) is 63.6 Å². The highest BCUT2D eigenvalue weighted by molar-refractivity contribution is 5.87. The first-order valence-electron chi connectivity index (χ1n) is 11.7. The van der Waals surface area contributed by atoms with E-state index in [0.717, 1.165) is 19.3 Å². The Morgan fingerprint density at radius 3 is 2.41 bits per heavy atom. The molecule has 4 fully saturated rings. The lowest BCUT2D eigenvalue weighted by Gasteiger charge is -2.64. The van der Waals surface area contributed by atoms with Crippen molar-refractivity contribution in [2.24, 2.45) is 52.3 Å². The molecule has 4 N–H and O–H groups in total. The Morgan fingerprint density at radius 1 is 1.12 bits per heavy atom. The van der Waals surface area contributed by atoms with Gasteiger partial charge < -0.3 is 20.4 Å². The monoisotopic (exact) mass is 447 g/mol. The minimum Gasteiger partial charge on any atom is -0.481 e. The fourth-order valence-electron chi connectivity index (χ4n) is 8.60. The Kier molecular flexibility index (Phi) is 5.45.